The van der Waals surface area contributed by atoms with Crippen LogP contribution in [0, 0.1) is 0 Å². The van der Waals surface area contributed by atoms with Gasteiger partial charge < -0.3 is 20.0 Å². The number of carbonyl (C=O) groups excluding carboxylic acids is 2. The molecule has 2 spiro atoms. The average molecular weight is 505 g/mol. The number of carbonyl (C=O) groups is 2. The third-order valence-corrected chi connectivity index (χ3v) is 8.51. The number of H-pyrrole nitrogens is 1. The van der Waals surface area contributed by atoms with Crippen molar-refractivity contribution in [1.29, 1.82) is 0 Å². The van der Waals surface area contributed by atoms with Gasteiger partial charge in [-0.3, -0.25) is 9.59 Å². The van der Waals surface area contributed by atoms with Crippen molar-refractivity contribution < 1.29 is 14.4 Å². The number of fused-ring (bicyclic) bond motifs is 4. The van der Waals surface area contributed by atoms with Crippen LogP contribution in [0.1, 0.15) is 45.7 Å². The van der Waals surface area contributed by atoms with Gasteiger partial charge in [-0.15, -0.1) is 0 Å². The second-order valence-corrected chi connectivity index (χ2v) is 10.8. The fraction of sp³-hybridized carbons (Fsp3) is 0.276. The number of aromatic amines is 1. The molecule has 0 radical (unpaired) electrons. The second kappa shape index (κ2) is 7.50. The monoisotopic (exact) mass is 504 g/mol. The topological polar surface area (TPSA) is 113 Å². The number of benzene rings is 2. The average Bonchev–Trinajstić information content (AvgIpc) is 3.75. The predicted octanol–water partition coefficient (Wildman–Crippen LogP) is 3.36. The van der Waals surface area contributed by atoms with Crippen LogP contribution in [-0.2, 0) is 27.9 Å². The molecule has 2 aromatic heterocycles. The van der Waals surface area contributed by atoms with Crippen LogP contribution in [0.3, 0.4) is 0 Å². The highest BCUT2D eigenvalue weighted by Gasteiger charge is 2.51. The number of likely N-dealkylation sites (tertiary alicyclic amines) is 1. The van der Waals surface area contributed by atoms with Crippen LogP contribution >= 0.6 is 0 Å². The third kappa shape index (κ3) is 3.01. The van der Waals surface area contributed by atoms with E-state index in [0.717, 1.165) is 39.9 Å². The number of amides is 2. The van der Waals surface area contributed by atoms with Crippen molar-refractivity contribution in [2.24, 2.45) is 5.16 Å². The highest BCUT2D eigenvalue weighted by Crippen LogP contribution is 2.47. The van der Waals surface area contributed by atoms with Crippen molar-refractivity contribution in [2.45, 2.75) is 36.7 Å². The normalized spacial score (nSPS) is 22.6. The van der Waals surface area contributed by atoms with Crippen LogP contribution in [0.25, 0.3) is 11.0 Å². The predicted molar refractivity (Wildman–Crippen MR) is 140 cm³/mol. The van der Waals surface area contributed by atoms with Gasteiger partial charge in [0.05, 0.1) is 23.0 Å². The molecule has 5 heterocycles. The Kier molecular flexibility index (Phi) is 4.25. The molecule has 4 aromatic rings. The van der Waals surface area contributed by atoms with Gasteiger partial charge in [0, 0.05) is 36.7 Å². The van der Waals surface area contributed by atoms with Crippen LogP contribution in [0.15, 0.2) is 65.9 Å². The molecule has 1 aliphatic carbocycles. The van der Waals surface area contributed by atoms with Crippen molar-refractivity contribution >= 4 is 34.4 Å². The minimum absolute atomic E-state index is 0.0128. The number of oxime groups is 1. The van der Waals surface area contributed by atoms with Gasteiger partial charge in [0.1, 0.15) is 11.5 Å². The van der Waals surface area contributed by atoms with Gasteiger partial charge >= 0.3 is 0 Å². The van der Waals surface area contributed by atoms with Crippen molar-refractivity contribution in [3.63, 3.8) is 0 Å². The van der Waals surface area contributed by atoms with Crippen LogP contribution in [-0.4, -0.2) is 56.1 Å². The molecule has 38 heavy (non-hydrogen) atoms. The number of anilines is 1. The molecule has 3 aliphatic heterocycles. The number of hydrogen-bond acceptors (Lipinski definition) is 6. The van der Waals surface area contributed by atoms with E-state index in [1.807, 2.05) is 47.4 Å². The lowest BCUT2D eigenvalue weighted by Gasteiger charge is -2.21. The van der Waals surface area contributed by atoms with Crippen LogP contribution in [0.2, 0.25) is 0 Å². The quantitative estimate of drug-likeness (QED) is 0.435. The second-order valence-electron chi connectivity index (χ2n) is 10.8. The molecule has 2 N–H and O–H groups in total. The van der Waals surface area contributed by atoms with E-state index >= 15 is 0 Å². The highest BCUT2D eigenvalue weighted by atomic mass is 16.7. The summed E-state index contributed by atoms with van der Waals surface area (Å²) in [5.41, 5.74) is 5.35. The number of imidazole rings is 1. The fourth-order valence-electron chi connectivity index (χ4n) is 6.56. The Morgan fingerprint density at radius 1 is 1.03 bits per heavy atom. The summed E-state index contributed by atoms with van der Waals surface area (Å²) < 4.78 is 0. The fourth-order valence-corrected chi connectivity index (χ4v) is 6.56. The smallest absolute Gasteiger partial charge is 0.253 e. The molecular formula is C29H24N6O3. The molecule has 4 aliphatic rings. The first-order chi connectivity index (χ1) is 18.5. The van der Waals surface area contributed by atoms with Gasteiger partial charge in [0.2, 0.25) is 5.91 Å². The molecule has 8 rings (SSSR count). The molecule has 2 unspecified atom stereocenters. The third-order valence-electron chi connectivity index (χ3n) is 8.51. The summed E-state index contributed by atoms with van der Waals surface area (Å²) in [6.45, 7) is 1.14. The number of nitrogens with zero attached hydrogens (tertiary/aromatic N) is 4. The minimum atomic E-state index is -0.602. The Balaban J connectivity index is 1.03. The largest absolute Gasteiger partial charge is 0.386 e. The molecule has 9 nitrogen and oxygen atoms in total. The zero-order valence-electron chi connectivity index (χ0n) is 20.5. The van der Waals surface area contributed by atoms with Crippen molar-refractivity contribution in [3.8, 4) is 0 Å². The van der Waals surface area contributed by atoms with E-state index in [-0.39, 0.29) is 11.8 Å². The van der Waals surface area contributed by atoms with Crippen LogP contribution in [0.4, 0.5) is 5.82 Å². The lowest BCUT2D eigenvalue weighted by Crippen LogP contribution is -2.36. The minimum Gasteiger partial charge on any atom is -0.386 e. The molecule has 0 bridgehead atoms. The molecular weight excluding hydrogens is 480 g/mol. The van der Waals surface area contributed by atoms with E-state index in [4.69, 9.17) is 9.82 Å². The van der Waals surface area contributed by atoms with Gasteiger partial charge in [-0.1, -0.05) is 29.4 Å². The molecule has 2 amide bonds. The van der Waals surface area contributed by atoms with E-state index in [1.54, 1.807) is 6.20 Å². The number of pyridine rings is 1. The summed E-state index contributed by atoms with van der Waals surface area (Å²) in [6.07, 6.45) is 4.30. The summed E-state index contributed by atoms with van der Waals surface area (Å²) in [6, 6.07) is 17.4. The SMILES string of the molecule is O=C(c1ccccc1)N1CCC2(CC(c3nc4cc5c(cc4[nH]3)CC3(C5)C(=O)Nc4ncccc43)=NO2)C1. The lowest BCUT2D eigenvalue weighted by molar-refractivity contribution is -0.120. The Hall–Kier alpha value is -4.53. The Labute approximate surface area is 217 Å². The van der Waals surface area contributed by atoms with Crippen molar-refractivity contribution in [2.75, 3.05) is 18.4 Å². The summed E-state index contributed by atoms with van der Waals surface area (Å²) in [7, 11) is 0. The number of hydrogen-bond donors (Lipinski definition) is 2. The molecule has 2 aromatic carbocycles. The van der Waals surface area contributed by atoms with Crippen molar-refractivity contribution in [1.82, 2.24) is 19.9 Å². The van der Waals surface area contributed by atoms with Gasteiger partial charge in [0.15, 0.2) is 11.4 Å². The lowest BCUT2D eigenvalue weighted by atomic mass is 9.79. The Morgan fingerprint density at radius 2 is 1.87 bits per heavy atom. The number of rotatable bonds is 2. The Bertz CT molecular complexity index is 1650. The summed E-state index contributed by atoms with van der Waals surface area (Å²) in [5, 5.41) is 7.36. The highest BCUT2D eigenvalue weighted by molar-refractivity contribution is 6.06. The van der Waals surface area contributed by atoms with Crippen LogP contribution in [0.5, 0.6) is 0 Å². The van der Waals surface area contributed by atoms with Gasteiger partial charge in [-0.2, -0.15) is 0 Å². The van der Waals surface area contributed by atoms with Crippen molar-refractivity contribution in [3.05, 3.63) is 88.9 Å². The zero-order valence-corrected chi connectivity index (χ0v) is 20.5. The van der Waals surface area contributed by atoms with Gasteiger partial charge in [-0.05, 0) is 54.3 Å². The maximum atomic E-state index is 13.0. The molecule has 9 heteroatoms. The van der Waals surface area contributed by atoms with Gasteiger partial charge in [0.25, 0.3) is 5.91 Å². The first-order valence-corrected chi connectivity index (χ1v) is 12.9. The maximum absolute atomic E-state index is 13.0. The first-order valence-electron chi connectivity index (χ1n) is 12.9. The summed E-state index contributed by atoms with van der Waals surface area (Å²) in [4.78, 5) is 46.4. The van der Waals surface area contributed by atoms with E-state index in [0.29, 0.717) is 49.6 Å². The molecule has 2 atom stereocenters. The summed E-state index contributed by atoms with van der Waals surface area (Å²) >= 11 is 0. The molecule has 188 valence electrons. The van der Waals surface area contributed by atoms with E-state index in [2.05, 4.69) is 32.6 Å². The van der Waals surface area contributed by atoms with E-state index in [9.17, 15) is 9.59 Å². The standard InChI is InChI=1S/C29H24N6O3/c36-26(17-5-2-1-3-6-17)35-10-8-28(16-35)15-23(34-38-28)25-31-21-11-18-13-29(14-19(18)12-22(21)32-25)20-7-4-9-30-24(20)33-27(29)37/h1-7,9,11-12H,8,10,13-16H2,(H,31,32)(H,30,33,37). The number of nitrogens with one attached hydrogen (secondary N) is 2. The van der Waals surface area contributed by atoms with Crippen LogP contribution < -0.4 is 5.32 Å². The molecule has 1 fully saturated rings. The maximum Gasteiger partial charge on any atom is 0.253 e. The first kappa shape index (κ1) is 21.5. The van der Waals surface area contributed by atoms with E-state index < -0.39 is 11.0 Å². The molecule has 1 saturated heterocycles. The van der Waals surface area contributed by atoms with E-state index in [1.165, 1.54) is 0 Å². The van der Waals surface area contributed by atoms with Gasteiger partial charge in [-0.25, -0.2) is 9.97 Å². The molecule has 0 saturated carbocycles. The summed E-state index contributed by atoms with van der Waals surface area (Å²) in [5.74, 6) is 1.39. The Morgan fingerprint density at radius 3 is 2.74 bits per heavy atom. The number of aromatic nitrogens is 3. The zero-order chi connectivity index (χ0) is 25.5.